The highest BCUT2D eigenvalue weighted by Gasteiger charge is 2.28. The van der Waals surface area contributed by atoms with Crippen LogP contribution in [-0.4, -0.2) is 43.8 Å². The van der Waals surface area contributed by atoms with Crippen LogP contribution < -0.4 is 0 Å². The van der Waals surface area contributed by atoms with Crippen molar-refractivity contribution in [2.24, 2.45) is 17.8 Å². The number of allylic oxidation sites excluding steroid dienone is 2. The van der Waals surface area contributed by atoms with Crippen LogP contribution in [0, 0.1) is 27.9 Å². The van der Waals surface area contributed by atoms with Gasteiger partial charge in [0.15, 0.2) is 5.82 Å². The number of benzene rings is 2. The van der Waals surface area contributed by atoms with E-state index in [1.54, 1.807) is 20.8 Å². The second kappa shape index (κ2) is 15.0. The van der Waals surface area contributed by atoms with Crippen LogP contribution in [0.3, 0.4) is 0 Å². The molecule has 1 atom stereocenters. The zero-order chi connectivity index (χ0) is 33.6. The first-order chi connectivity index (χ1) is 22.5. The molecule has 1 fully saturated rings. The molecule has 5 rings (SSSR count). The van der Waals surface area contributed by atoms with E-state index in [2.05, 4.69) is 23.0 Å². The van der Waals surface area contributed by atoms with Crippen LogP contribution in [0.15, 0.2) is 67.0 Å². The quantitative estimate of drug-likeness (QED) is 0.124. The molecule has 9 heteroatoms. The molecule has 3 aromatic rings. The van der Waals surface area contributed by atoms with Gasteiger partial charge in [0.1, 0.15) is 12.1 Å². The number of non-ortho nitro benzene ring substituents is 1. The molecule has 0 spiro atoms. The summed E-state index contributed by atoms with van der Waals surface area (Å²) in [5.41, 5.74) is 3.49. The fourth-order valence-corrected chi connectivity index (χ4v) is 6.87. The van der Waals surface area contributed by atoms with Crippen molar-refractivity contribution in [2.75, 3.05) is 6.54 Å². The van der Waals surface area contributed by atoms with Crippen LogP contribution in [-0.2, 0) is 16.1 Å². The molecule has 1 unspecified atom stereocenters. The second-order valence-corrected chi connectivity index (χ2v) is 14.0. The average Bonchev–Trinajstić information content (AvgIpc) is 3.07. The van der Waals surface area contributed by atoms with E-state index >= 15 is 0 Å². The molecular weight excluding hydrogens is 592 g/mol. The maximum atomic E-state index is 13.4. The van der Waals surface area contributed by atoms with Crippen molar-refractivity contribution in [1.29, 1.82) is 0 Å². The molecule has 0 radical (unpaired) electrons. The summed E-state index contributed by atoms with van der Waals surface area (Å²) in [6, 6.07) is 12.9. The number of carbonyl (C=O) groups is 2. The van der Waals surface area contributed by atoms with Crippen molar-refractivity contribution in [3.05, 3.63) is 93.8 Å². The summed E-state index contributed by atoms with van der Waals surface area (Å²) < 4.78 is 5.47. The van der Waals surface area contributed by atoms with Gasteiger partial charge in [-0.05, 0) is 93.9 Å². The molecule has 0 N–H and O–H groups in total. The fourth-order valence-electron chi connectivity index (χ4n) is 6.87. The zero-order valence-electron chi connectivity index (χ0n) is 28.0. The Balaban J connectivity index is 1.23. The Labute approximate surface area is 277 Å². The van der Waals surface area contributed by atoms with Crippen molar-refractivity contribution in [3.8, 4) is 11.4 Å². The number of rotatable bonds is 10. The minimum atomic E-state index is -0.709. The molecule has 248 valence electrons. The third-order valence-electron chi connectivity index (χ3n) is 9.55. The highest BCUT2D eigenvalue weighted by molar-refractivity contribution is 5.96. The van der Waals surface area contributed by atoms with E-state index in [9.17, 15) is 19.7 Å². The molecule has 1 saturated carbocycles. The van der Waals surface area contributed by atoms with Gasteiger partial charge in [0.2, 0.25) is 0 Å². The van der Waals surface area contributed by atoms with E-state index in [-0.39, 0.29) is 24.3 Å². The van der Waals surface area contributed by atoms with Crippen LogP contribution >= 0.6 is 0 Å². The Hall–Kier alpha value is -4.40. The minimum Gasteiger partial charge on any atom is -0.459 e. The van der Waals surface area contributed by atoms with Crippen molar-refractivity contribution in [3.63, 3.8) is 0 Å². The van der Waals surface area contributed by atoms with Crippen molar-refractivity contribution in [2.45, 2.75) is 91.2 Å². The highest BCUT2D eigenvalue weighted by Crippen LogP contribution is 2.41. The predicted octanol–water partition coefficient (Wildman–Crippen LogP) is 8.44. The summed E-state index contributed by atoms with van der Waals surface area (Å²) in [6.45, 7) is 7.50. The Morgan fingerprint density at radius 2 is 1.57 bits per heavy atom. The summed E-state index contributed by atoms with van der Waals surface area (Å²) in [5.74, 6) is 2.27. The van der Waals surface area contributed by atoms with Crippen LogP contribution in [0.2, 0.25) is 0 Å². The number of amides is 1. The van der Waals surface area contributed by atoms with Crippen LogP contribution in [0.4, 0.5) is 5.69 Å². The summed E-state index contributed by atoms with van der Waals surface area (Å²) in [6.07, 6.45) is 16.6. The molecule has 1 heterocycles. The molecule has 2 aliphatic carbocycles. The van der Waals surface area contributed by atoms with Gasteiger partial charge in [-0.15, -0.1) is 0 Å². The first kappa shape index (κ1) is 33.9. The zero-order valence-corrected chi connectivity index (χ0v) is 28.0. The molecule has 47 heavy (non-hydrogen) atoms. The van der Waals surface area contributed by atoms with Crippen molar-refractivity contribution in [1.82, 2.24) is 14.9 Å². The third kappa shape index (κ3) is 9.11. The maximum absolute atomic E-state index is 13.4. The fraction of sp³-hybridized carbons (Fsp3) is 0.474. The van der Waals surface area contributed by atoms with Gasteiger partial charge in [-0.25, -0.2) is 9.97 Å². The van der Waals surface area contributed by atoms with Gasteiger partial charge in [0.05, 0.1) is 4.92 Å². The highest BCUT2D eigenvalue weighted by atomic mass is 16.6. The summed E-state index contributed by atoms with van der Waals surface area (Å²) in [4.78, 5) is 47.4. The molecule has 1 aromatic heterocycles. The van der Waals surface area contributed by atoms with E-state index in [4.69, 9.17) is 4.74 Å². The predicted molar refractivity (Wildman–Crippen MR) is 182 cm³/mol. The van der Waals surface area contributed by atoms with Gasteiger partial charge >= 0.3 is 5.97 Å². The molecule has 0 saturated heterocycles. The number of nitro benzene ring substituents is 1. The Morgan fingerprint density at radius 3 is 2.13 bits per heavy atom. The number of esters is 1. The minimum absolute atomic E-state index is 0.116. The number of hydrogen-bond donors (Lipinski definition) is 0. The Bertz CT molecular complexity index is 1570. The molecule has 2 aromatic carbocycles. The van der Waals surface area contributed by atoms with Gasteiger partial charge in [0, 0.05) is 47.8 Å². The molecular formula is C38H46N4O5. The third-order valence-corrected chi connectivity index (χ3v) is 9.55. The maximum Gasteiger partial charge on any atom is 0.326 e. The van der Waals surface area contributed by atoms with Gasteiger partial charge in [-0.2, -0.15) is 0 Å². The monoisotopic (exact) mass is 638 g/mol. The first-order valence-corrected chi connectivity index (χ1v) is 16.9. The van der Waals surface area contributed by atoms with Gasteiger partial charge in [-0.3, -0.25) is 19.7 Å². The van der Waals surface area contributed by atoms with Crippen LogP contribution in [0.1, 0.15) is 101 Å². The number of nitro groups is 1. The average molecular weight is 639 g/mol. The van der Waals surface area contributed by atoms with Crippen molar-refractivity contribution < 1.29 is 19.2 Å². The molecule has 1 amide bonds. The van der Waals surface area contributed by atoms with E-state index in [0.29, 0.717) is 5.82 Å². The summed E-state index contributed by atoms with van der Waals surface area (Å²) in [5, 5.41) is 11.1. The van der Waals surface area contributed by atoms with Gasteiger partial charge in [-0.1, -0.05) is 56.5 Å². The standard InChI is InChI=1S/C38H46N4O5/c1-5-26-6-10-28(11-7-26)29-14-16-30(17-15-29)33-22-39-36(40-23-33)31-12-8-27(9-13-31)24-41(25-35(43)47-38(2,3)4)37(44)32-18-20-34(21-19-32)42(45)46/h8-9,12-13,16,18-23,26,28-29H,5-7,10-11,14-15,17,24-25H2,1-4H3. The number of ether oxygens (including phenoxy) is 1. The smallest absolute Gasteiger partial charge is 0.326 e. The lowest BCUT2D eigenvalue weighted by Gasteiger charge is -2.35. The largest absolute Gasteiger partial charge is 0.459 e. The number of hydrogen-bond acceptors (Lipinski definition) is 7. The SMILES string of the molecule is CCC1CCC(C2CC=C(c3cnc(-c4ccc(CN(CC(=O)OC(C)(C)C)C(=O)c5ccc([N+](=O)[O-])cc5)cc4)nc3)CC2)CC1. The number of aromatic nitrogens is 2. The lowest BCUT2D eigenvalue weighted by atomic mass is 9.71. The normalized spacial score (nSPS) is 19.8. The lowest BCUT2D eigenvalue weighted by Crippen LogP contribution is -2.38. The Morgan fingerprint density at radius 1 is 0.915 bits per heavy atom. The topological polar surface area (TPSA) is 116 Å². The van der Waals surface area contributed by atoms with Crippen LogP contribution in [0.5, 0.6) is 0 Å². The number of carbonyl (C=O) groups excluding carboxylic acids is 2. The summed E-state index contributed by atoms with van der Waals surface area (Å²) in [7, 11) is 0. The Kier molecular flexibility index (Phi) is 10.8. The lowest BCUT2D eigenvalue weighted by molar-refractivity contribution is -0.384. The molecule has 9 nitrogen and oxygen atoms in total. The van der Waals surface area contributed by atoms with E-state index in [0.717, 1.165) is 47.3 Å². The van der Waals surface area contributed by atoms with Crippen LogP contribution in [0.25, 0.3) is 17.0 Å². The van der Waals surface area contributed by atoms with Crippen molar-refractivity contribution >= 4 is 23.1 Å². The van der Waals surface area contributed by atoms with E-state index in [1.165, 1.54) is 73.3 Å². The molecule has 0 bridgehead atoms. The van der Waals surface area contributed by atoms with Gasteiger partial charge < -0.3 is 9.64 Å². The second-order valence-electron chi connectivity index (χ2n) is 14.0. The van der Waals surface area contributed by atoms with E-state index < -0.39 is 22.4 Å². The first-order valence-electron chi connectivity index (χ1n) is 16.9. The van der Waals surface area contributed by atoms with Gasteiger partial charge in [0.25, 0.3) is 11.6 Å². The molecule has 2 aliphatic rings. The molecule has 0 aliphatic heterocycles. The number of nitrogens with zero attached hydrogens (tertiary/aromatic N) is 4. The van der Waals surface area contributed by atoms with E-state index in [1.807, 2.05) is 36.7 Å². The summed E-state index contributed by atoms with van der Waals surface area (Å²) >= 11 is 0.